The Morgan fingerprint density at radius 1 is 1.29 bits per heavy atom. The van der Waals surface area contributed by atoms with E-state index in [0.717, 1.165) is 13.8 Å². The van der Waals surface area contributed by atoms with E-state index in [4.69, 9.17) is 5.11 Å². The van der Waals surface area contributed by atoms with E-state index in [-0.39, 0.29) is 4.90 Å². The Bertz CT molecular complexity index is 564. The number of carboxylic acids is 1. The van der Waals surface area contributed by atoms with Gasteiger partial charge in [0.1, 0.15) is 0 Å². The van der Waals surface area contributed by atoms with Crippen LogP contribution in [0.15, 0.2) is 32.0 Å². The second-order valence-corrected chi connectivity index (χ2v) is 8.13. The van der Waals surface area contributed by atoms with Gasteiger partial charge in [-0.1, -0.05) is 15.9 Å². The normalized spacial score (nSPS) is 12.5. The van der Waals surface area contributed by atoms with Gasteiger partial charge in [0.2, 0.25) is 0 Å². The lowest BCUT2D eigenvalue weighted by atomic mass is 10.2. The number of carbonyl (C=O) groups is 1. The zero-order valence-electron chi connectivity index (χ0n) is 9.07. The fraction of sp³-hybridized carbons (Fsp3) is 0.300. The average molecular weight is 386 g/mol. The molecule has 17 heavy (non-hydrogen) atoms. The molecule has 0 fully saturated rings. The molecule has 0 saturated heterocycles. The molecule has 0 atom stereocenters. The molecular weight excluding hydrogens is 376 g/mol. The summed E-state index contributed by atoms with van der Waals surface area (Å²) in [6, 6.07) is 4.59. The van der Waals surface area contributed by atoms with E-state index in [2.05, 4.69) is 31.9 Å². The Morgan fingerprint density at radius 3 is 2.29 bits per heavy atom. The molecule has 0 bridgehead atoms. The van der Waals surface area contributed by atoms with Crippen LogP contribution in [0, 0.1) is 0 Å². The molecule has 4 nitrogen and oxygen atoms in total. The first-order chi connectivity index (χ1) is 7.60. The maximum atomic E-state index is 12.2. The lowest BCUT2D eigenvalue weighted by molar-refractivity contribution is -0.139. The smallest absolute Gasteiger partial charge is 0.324 e. The highest BCUT2D eigenvalue weighted by molar-refractivity contribution is 9.11. The van der Waals surface area contributed by atoms with Crippen molar-refractivity contribution in [3.63, 3.8) is 0 Å². The first-order valence-electron chi connectivity index (χ1n) is 4.54. The van der Waals surface area contributed by atoms with Gasteiger partial charge in [0.15, 0.2) is 14.6 Å². The molecule has 1 rings (SSSR count). The van der Waals surface area contributed by atoms with Gasteiger partial charge in [-0.25, -0.2) is 8.42 Å². The molecule has 0 amide bonds. The standard InChI is InChI=1S/C10H10Br2O4S/c1-10(2,9(13)14)17(15,16)8-5-6(11)3-4-7(8)12/h3-5H,1-2H3,(H,13,14). The summed E-state index contributed by atoms with van der Waals surface area (Å²) < 4.78 is 23.5. The number of hydrogen-bond acceptors (Lipinski definition) is 3. The number of halogens is 2. The van der Waals surface area contributed by atoms with Crippen LogP contribution in [-0.2, 0) is 14.6 Å². The molecule has 94 valence electrons. The lowest BCUT2D eigenvalue weighted by Crippen LogP contribution is -2.40. The molecule has 1 N–H and O–H groups in total. The van der Waals surface area contributed by atoms with E-state index in [9.17, 15) is 13.2 Å². The summed E-state index contributed by atoms with van der Waals surface area (Å²) in [4.78, 5) is 11.0. The molecule has 0 aliphatic heterocycles. The van der Waals surface area contributed by atoms with Crippen molar-refractivity contribution in [1.29, 1.82) is 0 Å². The molecule has 0 radical (unpaired) electrons. The van der Waals surface area contributed by atoms with Gasteiger partial charge in [0, 0.05) is 8.95 Å². The summed E-state index contributed by atoms with van der Waals surface area (Å²) in [5.74, 6) is -1.38. The van der Waals surface area contributed by atoms with E-state index >= 15 is 0 Å². The molecule has 0 spiro atoms. The summed E-state index contributed by atoms with van der Waals surface area (Å²) in [7, 11) is -3.97. The van der Waals surface area contributed by atoms with E-state index in [1.165, 1.54) is 6.07 Å². The van der Waals surface area contributed by atoms with Crippen LogP contribution in [0.4, 0.5) is 0 Å². The fourth-order valence-corrected chi connectivity index (χ4v) is 3.86. The van der Waals surface area contributed by atoms with Gasteiger partial charge in [-0.15, -0.1) is 0 Å². The van der Waals surface area contributed by atoms with E-state index in [1.807, 2.05) is 0 Å². The highest BCUT2D eigenvalue weighted by atomic mass is 79.9. The molecule has 0 saturated carbocycles. The van der Waals surface area contributed by atoms with Crippen molar-refractivity contribution in [3.05, 3.63) is 27.1 Å². The Labute approximate surface area is 116 Å². The number of benzene rings is 1. The molecule has 1 aromatic rings. The van der Waals surface area contributed by atoms with Gasteiger partial charge in [0.05, 0.1) is 4.90 Å². The molecule has 0 aliphatic rings. The van der Waals surface area contributed by atoms with Gasteiger partial charge in [0.25, 0.3) is 0 Å². The molecule has 0 aliphatic carbocycles. The third-order valence-electron chi connectivity index (χ3n) is 2.37. The highest BCUT2D eigenvalue weighted by Gasteiger charge is 2.43. The van der Waals surface area contributed by atoms with Crippen molar-refractivity contribution in [2.75, 3.05) is 0 Å². The Morgan fingerprint density at radius 2 is 1.82 bits per heavy atom. The predicted octanol–water partition coefficient (Wildman–Crippen LogP) is 2.85. The minimum absolute atomic E-state index is 0.0423. The predicted molar refractivity (Wildman–Crippen MR) is 70.7 cm³/mol. The maximum absolute atomic E-state index is 12.2. The number of carboxylic acid groups (broad SMARTS) is 1. The quantitative estimate of drug-likeness (QED) is 0.868. The van der Waals surface area contributed by atoms with E-state index in [0.29, 0.717) is 8.95 Å². The third-order valence-corrected chi connectivity index (χ3v) is 6.25. The average Bonchev–Trinajstić information content (AvgIpc) is 2.21. The van der Waals surface area contributed by atoms with Crippen molar-refractivity contribution in [1.82, 2.24) is 0 Å². The zero-order valence-corrected chi connectivity index (χ0v) is 13.1. The van der Waals surface area contributed by atoms with Crippen LogP contribution in [0.25, 0.3) is 0 Å². The molecule has 0 aromatic heterocycles. The van der Waals surface area contributed by atoms with Gasteiger partial charge in [-0.2, -0.15) is 0 Å². The largest absolute Gasteiger partial charge is 0.480 e. The second-order valence-electron chi connectivity index (χ2n) is 3.89. The number of hydrogen-bond donors (Lipinski definition) is 1. The number of sulfone groups is 1. The first-order valence-corrected chi connectivity index (χ1v) is 7.60. The van der Waals surface area contributed by atoms with Crippen molar-refractivity contribution in [3.8, 4) is 0 Å². The molecule has 7 heteroatoms. The van der Waals surface area contributed by atoms with Crippen molar-refractivity contribution in [2.45, 2.75) is 23.5 Å². The van der Waals surface area contributed by atoms with Gasteiger partial charge < -0.3 is 5.11 Å². The van der Waals surface area contributed by atoms with Crippen LogP contribution >= 0.6 is 31.9 Å². The first kappa shape index (κ1) is 14.7. The Balaban J connectivity index is 3.52. The van der Waals surface area contributed by atoms with Gasteiger partial charge >= 0.3 is 5.97 Å². The Hall–Kier alpha value is -0.400. The van der Waals surface area contributed by atoms with Crippen molar-refractivity contribution < 1.29 is 18.3 Å². The van der Waals surface area contributed by atoms with Crippen LogP contribution in [0.2, 0.25) is 0 Å². The highest BCUT2D eigenvalue weighted by Crippen LogP contribution is 2.33. The van der Waals surface area contributed by atoms with E-state index in [1.54, 1.807) is 12.1 Å². The van der Waals surface area contributed by atoms with Crippen LogP contribution in [0.5, 0.6) is 0 Å². The van der Waals surface area contributed by atoms with Crippen LogP contribution in [0.1, 0.15) is 13.8 Å². The monoisotopic (exact) mass is 384 g/mol. The summed E-state index contributed by atoms with van der Waals surface area (Å²) in [5.41, 5.74) is 0. The maximum Gasteiger partial charge on any atom is 0.324 e. The minimum Gasteiger partial charge on any atom is -0.480 e. The molecule has 0 unspecified atom stereocenters. The van der Waals surface area contributed by atoms with Gasteiger partial charge in [-0.3, -0.25) is 4.79 Å². The number of rotatable bonds is 3. The molecule has 1 aromatic carbocycles. The van der Waals surface area contributed by atoms with Crippen LogP contribution in [-0.4, -0.2) is 24.2 Å². The minimum atomic E-state index is -3.97. The SMILES string of the molecule is CC(C)(C(=O)O)S(=O)(=O)c1cc(Br)ccc1Br. The van der Waals surface area contributed by atoms with E-state index < -0.39 is 20.6 Å². The van der Waals surface area contributed by atoms with Crippen LogP contribution in [0.3, 0.4) is 0 Å². The summed E-state index contributed by atoms with van der Waals surface area (Å²) in [6.07, 6.45) is 0. The number of aliphatic carboxylic acids is 1. The van der Waals surface area contributed by atoms with Crippen molar-refractivity contribution in [2.24, 2.45) is 0 Å². The van der Waals surface area contributed by atoms with Gasteiger partial charge in [-0.05, 0) is 48.0 Å². The fourth-order valence-electron chi connectivity index (χ4n) is 1.07. The molecule has 0 heterocycles. The topological polar surface area (TPSA) is 71.4 Å². The second kappa shape index (κ2) is 4.70. The summed E-state index contributed by atoms with van der Waals surface area (Å²) in [5, 5.41) is 8.99. The zero-order chi connectivity index (χ0) is 13.4. The van der Waals surface area contributed by atoms with Crippen molar-refractivity contribution >= 4 is 47.7 Å². The summed E-state index contributed by atoms with van der Waals surface area (Å²) in [6.45, 7) is 2.33. The molecular formula is C10H10Br2O4S. The third kappa shape index (κ3) is 2.56. The summed E-state index contributed by atoms with van der Waals surface area (Å²) >= 11 is 6.27. The van der Waals surface area contributed by atoms with Crippen LogP contribution < -0.4 is 0 Å². The lowest BCUT2D eigenvalue weighted by Gasteiger charge is -2.20. The Kier molecular flexibility index (Phi) is 4.05.